The van der Waals surface area contributed by atoms with Gasteiger partial charge in [-0.15, -0.1) is 11.3 Å². The Morgan fingerprint density at radius 3 is 2.80 bits per heavy atom. The zero-order valence-electron chi connectivity index (χ0n) is 7.48. The quantitative estimate of drug-likeness (QED) is 0.876. The first-order valence-corrected chi connectivity index (χ1v) is 5.31. The highest BCUT2D eigenvalue weighted by atomic mass is 35.5. The van der Waals surface area contributed by atoms with Gasteiger partial charge < -0.3 is 5.11 Å². The molecule has 0 saturated carbocycles. The second kappa shape index (κ2) is 4.00. The smallest absolute Gasteiger partial charge is 0.337 e. The van der Waals surface area contributed by atoms with Crippen LogP contribution in [0.25, 0.3) is 10.4 Å². The molecule has 1 N–H and O–H groups in total. The van der Waals surface area contributed by atoms with Crippen LogP contribution < -0.4 is 0 Å². The van der Waals surface area contributed by atoms with Crippen LogP contribution >= 0.6 is 22.9 Å². The summed E-state index contributed by atoms with van der Waals surface area (Å²) in [6, 6.07) is 5.22. The predicted octanol–water partition coefficient (Wildman–Crippen LogP) is 3.16. The molecule has 0 unspecified atom stereocenters. The fourth-order valence-electron chi connectivity index (χ4n) is 1.24. The first-order chi connectivity index (χ1) is 7.18. The van der Waals surface area contributed by atoms with E-state index in [1.54, 1.807) is 24.4 Å². The Kier molecular flexibility index (Phi) is 2.70. The second-order valence-corrected chi connectivity index (χ2v) is 4.55. The maximum Gasteiger partial charge on any atom is 0.337 e. The van der Waals surface area contributed by atoms with Crippen LogP contribution in [0.2, 0.25) is 4.34 Å². The van der Waals surface area contributed by atoms with Crippen molar-refractivity contribution in [3.63, 3.8) is 0 Å². The van der Waals surface area contributed by atoms with E-state index in [2.05, 4.69) is 4.98 Å². The number of aromatic nitrogens is 1. The lowest BCUT2D eigenvalue weighted by Crippen LogP contribution is -1.99. The molecule has 0 atom stereocenters. The molecule has 0 aliphatic rings. The Bertz CT molecular complexity index is 510. The van der Waals surface area contributed by atoms with Crippen LogP contribution in [0.15, 0.2) is 30.6 Å². The second-order valence-electron chi connectivity index (χ2n) is 2.83. The van der Waals surface area contributed by atoms with Gasteiger partial charge in [0.2, 0.25) is 0 Å². The number of carboxylic acid groups (broad SMARTS) is 1. The highest BCUT2D eigenvalue weighted by Gasteiger charge is 2.12. The van der Waals surface area contributed by atoms with Gasteiger partial charge in [0.05, 0.1) is 9.90 Å². The average molecular weight is 240 g/mol. The molecular formula is C10H6ClNO2S. The molecule has 0 aliphatic heterocycles. The van der Waals surface area contributed by atoms with Gasteiger partial charge in [0.1, 0.15) is 0 Å². The highest BCUT2D eigenvalue weighted by molar-refractivity contribution is 7.19. The molecule has 0 fully saturated rings. The number of rotatable bonds is 2. The highest BCUT2D eigenvalue weighted by Crippen LogP contribution is 2.32. The van der Waals surface area contributed by atoms with Crippen molar-refractivity contribution in [3.8, 4) is 10.4 Å². The minimum atomic E-state index is -0.984. The number of nitrogens with zero attached hydrogens (tertiary/aromatic N) is 1. The molecule has 15 heavy (non-hydrogen) atoms. The predicted molar refractivity (Wildman–Crippen MR) is 59.5 cm³/mol. The normalized spacial score (nSPS) is 10.2. The van der Waals surface area contributed by atoms with Gasteiger partial charge >= 0.3 is 5.97 Å². The lowest BCUT2D eigenvalue weighted by atomic mass is 10.1. The number of carboxylic acids is 1. The Labute approximate surface area is 95.0 Å². The van der Waals surface area contributed by atoms with E-state index >= 15 is 0 Å². The van der Waals surface area contributed by atoms with Crippen LogP contribution in [0.1, 0.15) is 10.4 Å². The van der Waals surface area contributed by atoms with Gasteiger partial charge in [0.15, 0.2) is 0 Å². The number of carbonyl (C=O) groups is 1. The van der Waals surface area contributed by atoms with Gasteiger partial charge in [-0.25, -0.2) is 4.79 Å². The van der Waals surface area contributed by atoms with Crippen LogP contribution in [0.5, 0.6) is 0 Å². The number of pyridine rings is 1. The molecule has 2 aromatic heterocycles. The lowest BCUT2D eigenvalue weighted by Gasteiger charge is -2.01. The average Bonchev–Trinajstić information content (AvgIpc) is 2.65. The molecule has 2 heterocycles. The zero-order valence-corrected chi connectivity index (χ0v) is 9.05. The van der Waals surface area contributed by atoms with E-state index in [0.29, 0.717) is 9.90 Å². The Hall–Kier alpha value is -1.39. The van der Waals surface area contributed by atoms with E-state index in [-0.39, 0.29) is 5.56 Å². The number of thiophene rings is 1. The Morgan fingerprint density at radius 2 is 2.20 bits per heavy atom. The van der Waals surface area contributed by atoms with Crippen LogP contribution in [0.3, 0.4) is 0 Å². The van der Waals surface area contributed by atoms with Crippen LogP contribution in [-0.4, -0.2) is 16.1 Å². The van der Waals surface area contributed by atoms with Gasteiger partial charge in [-0.2, -0.15) is 0 Å². The van der Waals surface area contributed by atoms with Crippen LogP contribution in [0.4, 0.5) is 0 Å². The van der Waals surface area contributed by atoms with E-state index in [1.807, 2.05) is 0 Å². The van der Waals surface area contributed by atoms with Crippen molar-refractivity contribution >= 4 is 28.9 Å². The molecule has 76 valence electrons. The van der Waals surface area contributed by atoms with E-state index < -0.39 is 5.97 Å². The maximum absolute atomic E-state index is 10.9. The van der Waals surface area contributed by atoms with Gasteiger partial charge in [0, 0.05) is 22.8 Å². The third-order valence-corrected chi connectivity index (χ3v) is 3.15. The van der Waals surface area contributed by atoms with Gasteiger partial charge in [-0.05, 0) is 18.2 Å². The Balaban J connectivity index is 2.57. The fraction of sp³-hybridized carbons (Fsp3) is 0. The monoisotopic (exact) mass is 239 g/mol. The van der Waals surface area contributed by atoms with Crippen molar-refractivity contribution in [1.82, 2.24) is 4.98 Å². The summed E-state index contributed by atoms with van der Waals surface area (Å²) in [5.74, 6) is -0.984. The van der Waals surface area contributed by atoms with Crippen molar-refractivity contribution in [2.45, 2.75) is 0 Å². The molecule has 0 aromatic carbocycles. The van der Waals surface area contributed by atoms with Crippen molar-refractivity contribution < 1.29 is 9.90 Å². The number of hydrogen-bond donors (Lipinski definition) is 1. The minimum absolute atomic E-state index is 0.191. The topological polar surface area (TPSA) is 50.2 Å². The lowest BCUT2D eigenvalue weighted by molar-refractivity contribution is 0.0697. The standard InChI is InChI=1S/C10H6ClNO2S/c11-9-2-1-8(15-9)6-3-4-12-5-7(6)10(13)14/h1-5H,(H,13,14). The molecule has 2 aromatic rings. The zero-order chi connectivity index (χ0) is 10.8. The van der Waals surface area contributed by atoms with E-state index in [9.17, 15) is 4.79 Å². The largest absolute Gasteiger partial charge is 0.478 e. The molecule has 0 bridgehead atoms. The van der Waals surface area contributed by atoms with Crippen molar-refractivity contribution in [2.75, 3.05) is 0 Å². The molecule has 3 nitrogen and oxygen atoms in total. The molecular weight excluding hydrogens is 234 g/mol. The minimum Gasteiger partial charge on any atom is -0.478 e. The van der Waals surface area contributed by atoms with Crippen molar-refractivity contribution in [1.29, 1.82) is 0 Å². The van der Waals surface area contributed by atoms with E-state index in [1.165, 1.54) is 17.5 Å². The summed E-state index contributed by atoms with van der Waals surface area (Å²) in [5.41, 5.74) is 0.838. The molecule has 0 aliphatic carbocycles. The number of halogens is 1. The van der Waals surface area contributed by atoms with Crippen LogP contribution in [-0.2, 0) is 0 Å². The Morgan fingerprint density at radius 1 is 1.40 bits per heavy atom. The summed E-state index contributed by atoms with van der Waals surface area (Å²) in [4.78, 5) is 15.6. The number of aromatic carboxylic acids is 1. The van der Waals surface area contributed by atoms with Gasteiger partial charge in [0.25, 0.3) is 0 Å². The summed E-state index contributed by atoms with van der Waals surface area (Å²) in [5, 5.41) is 8.97. The molecule has 2 rings (SSSR count). The first kappa shape index (κ1) is 10.1. The van der Waals surface area contributed by atoms with Crippen molar-refractivity contribution in [2.24, 2.45) is 0 Å². The third-order valence-electron chi connectivity index (χ3n) is 1.89. The summed E-state index contributed by atoms with van der Waals surface area (Å²) in [7, 11) is 0. The summed E-state index contributed by atoms with van der Waals surface area (Å²) in [6.07, 6.45) is 2.90. The summed E-state index contributed by atoms with van der Waals surface area (Å²) in [6.45, 7) is 0. The van der Waals surface area contributed by atoms with Crippen LogP contribution in [0, 0.1) is 0 Å². The number of hydrogen-bond acceptors (Lipinski definition) is 3. The SMILES string of the molecule is O=C(O)c1cnccc1-c1ccc(Cl)s1. The molecule has 0 spiro atoms. The molecule has 0 radical (unpaired) electrons. The molecule has 0 amide bonds. The third kappa shape index (κ3) is 2.00. The van der Waals surface area contributed by atoms with Gasteiger partial charge in [-0.3, -0.25) is 4.98 Å². The van der Waals surface area contributed by atoms with E-state index in [4.69, 9.17) is 16.7 Å². The summed E-state index contributed by atoms with van der Waals surface area (Å²) >= 11 is 7.14. The molecule has 5 heteroatoms. The maximum atomic E-state index is 10.9. The fourth-order valence-corrected chi connectivity index (χ4v) is 2.32. The summed E-state index contributed by atoms with van der Waals surface area (Å²) < 4.78 is 0.637. The first-order valence-electron chi connectivity index (χ1n) is 4.11. The van der Waals surface area contributed by atoms with E-state index in [0.717, 1.165) is 4.88 Å². The molecule has 0 saturated heterocycles. The van der Waals surface area contributed by atoms with Gasteiger partial charge in [-0.1, -0.05) is 11.6 Å². The van der Waals surface area contributed by atoms with Crippen molar-refractivity contribution in [3.05, 3.63) is 40.5 Å².